The highest BCUT2D eigenvalue weighted by atomic mass is 35.5. The molecule has 1 aromatic heterocycles. The smallest absolute Gasteiger partial charge is 0.261 e. The molecule has 0 aliphatic rings. The van der Waals surface area contributed by atoms with Crippen molar-refractivity contribution in [3.8, 4) is 0 Å². The van der Waals surface area contributed by atoms with Crippen molar-refractivity contribution in [1.82, 2.24) is 9.97 Å². The summed E-state index contributed by atoms with van der Waals surface area (Å²) in [7, 11) is 0. The van der Waals surface area contributed by atoms with Gasteiger partial charge in [-0.2, -0.15) is 0 Å². The predicted molar refractivity (Wildman–Crippen MR) is 52.6 cm³/mol. The Kier molecular flexibility index (Phi) is 5.14. The molecule has 84 valence electrons. The second kappa shape index (κ2) is 6.15. The van der Waals surface area contributed by atoms with Crippen LogP contribution in [0.2, 0.25) is 10.3 Å². The Morgan fingerprint density at radius 3 is 2.40 bits per heavy atom. The van der Waals surface area contributed by atoms with Crippen molar-refractivity contribution in [2.45, 2.75) is 12.8 Å². The fraction of sp³-hybridized carbons (Fsp3) is 0.500. The topological polar surface area (TPSA) is 35.0 Å². The third-order valence-electron chi connectivity index (χ3n) is 1.42. The monoisotopic (exact) mass is 256 g/mol. The number of alkyl halides is 2. The quantitative estimate of drug-likeness (QED) is 0.600. The Balaban J connectivity index is 2.37. The molecular formula is C8H8Cl2F2N2O. The summed E-state index contributed by atoms with van der Waals surface area (Å²) in [5.41, 5.74) is 0. The Morgan fingerprint density at radius 1 is 1.27 bits per heavy atom. The zero-order valence-corrected chi connectivity index (χ0v) is 9.10. The predicted octanol–water partition coefficient (Wildman–Crippen LogP) is 2.61. The van der Waals surface area contributed by atoms with Gasteiger partial charge in [0.2, 0.25) is 0 Å². The molecule has 15 heavy (non-hydrogen) atoms. The van der Waals surface area contributed by atoms with E-state index in [1.54, 1.807) is 0 Å². The molecule has 7 heteroatoms. The number of hydrogen-bond acceptors (Lipinski definition) is 3. The molecule has 0 saturated heterocycles. The molecular weight excluding hydrogens is 249 g/mol. The van der Waals surface area contributed by atoms with Gasteiger partial charge in [0.1, 0.15) is 22.7 Å². The summed E-state index contributed by atoms with van der Waals surface area (Å²) in [5.74, 6) is 0.377. The van der Waals surface area contributed by atoms with Gasteiger partial charge < -0.3 is 4.74 Å². The average molecular weight is 257 g/mol. The molecule has 0 aliphatic heterocycles. The SMILES string of the molecule is FC(F)COCCc1nc(Cl)cc(Cl)n1. The van der Waals surface area contributed by atoms with E-state index in [1.165, 1.54) is 6.07 Å². The van der Waals surface area contributed by atoms with Crippen molar-refractivity contribution in [2.24, 2.45) is 0 Å². The molecule has 0 saturated carbocycles. The summed E-state index contributed by atoms with van der Waals surface area (Å²) in [6.07, 6.45) is -2.17. The van der Waals surface area contributed by atoms with E-state index in [4.69, 9.17) is 23.2 Å². The first kappa shape index (κ1) is 12.5. The summed E-state index contributed by atoms with van der Waals surface area (Å²) >= 11 is 11.2. The normalized spacial score (nSPS) is 11.0. The molecule has 3 nitrogen and oxygen atoms in total. The molecule has 0 aromatic carbocycles. The standard InChI is InChI=1S/C8H8Cl2F2N2O/c9-5-3-6(10)14-8(13-5)1-2-15-4-7(11)12/h3,7H,1-2,4H2. The van der Waals surface area contributed by atoms with Crippen LogP contribution in [0.3, 0.4) is 0 Å². The first-order valence-corrected chi connectivity index (χ1v) is 4.88. The van der Waals surface area contributed by atoms with Crippen molar-refractivity contribution in [3.05, 3.63) is 22.2 Å². The van der Waals surface area contributed by atoms with Gasteiger partial charge in [0.05, 0.1) is 6.61 Å². The van der Waals surface area contributed by atoms with Gasteiger partial charge in [-0.25, -0.2) is 18.7 Å². The Hall–Kier alpha value is -0.520. The van der Waals surface area contributed by atoms with Crippen LogP contribution in [0.1, 0.15) is 5.82 Å². The van der Waals surface area contributed by atoms with Crippen LogP contribution < -0.4 is 0 Å². The van der Waals surface area contributed by atoms with Crippen molar-refractivity contribution in [1.29, 1.82) is 0 Å². The zero-order chi connectivity index (χ0) is 11.3. The summed E-state index contributed by atoms with van der Waals surface area (Å²) in [6, 6.07) is 1.40. The zero-order valence-electron chi connectivity index (χ0n) is 7.59. The van der Waals surface area contributed by atoms with E-state index in [1.807, 2.05) is 0 Å². The van der Waals surface area contributed by atoms with Crippen LogP contribution >= 0.6 is 23.2 Å². The Bertz CT molecular complexity index is 305. The number of halogens is 4. The minimum Gasteiger partial charge on any atom is -0.375 e. The van der Waals surface area contributed by atoms with Crippen molar-refractivity contribution in [3.63, 3.8) is 0 Å². The minimum atomic E-state index is -2.46. The maximum atomic E-state index is 11.7. The van der Waals surface area contributed by atoms with Crippen molar-refractivity contribution in [2.75, 3.05) is 13.2 Å². The van der Waals surface area contributed by atoms with Gasteiger partial charge in [-0.1, -0.05) is 23.2 Å². The molecule has 1 rings (SSSR count). The fourth-order valence-corrected chi connectivity index (χ4v) is 1.34. The maximum absolute atomic E-state index is 11.7. The molecule has 0 N–H and O–H groups in total. The number of ether oxygens (including phenoxy) is 1. The lowest BCUT2D eigenvalue weighted by Gasteiger charge is -2.03. The number of hydrogen-bond donors (Lipinski definition) is 0. The van der Waals surface area contributed by atoms with Crippen LogP contribution in [0.25, 0.3) is 0 Å². The van der Waals surface area contributed by atoms with Crippen LogP contribution in [0, 0.1) is 0 Å². The number of nitrogens with zero attached hydrogens (tertiary/aromatic N) is 2. The lowest BCUT2D eigenvalue weighted by atomic mass is 10.4. The summed E-state index contributed by atoms with van der Waals surface area (Å²) < 4.78 is 28.0. The van der Waals surface area contributed by atoms with E-state index in [9.17, 15) is 8.78 Å². The summed E-state index contributed by atoms with van der Waals surface area (Å²) in [5, 5.41) is 0.442. The van der Waals surface area contributed by atoms with Gasteiger partial charge in [0.15, 0.2) is 0 Å². The van der Waals surface area contributed by atoms with Crippen molar-refractivity contribution >= 4 is 23.2 Å². The molecule has 1 aromatic rings. The minimum absolute atomic E-state index is 0.112. The van der Waals surface area contributed by atoms with Crippen LogP contribution in [0.5, 0.6) is 0 Å². The van der Waals surface area contributed by atoms with E-state index < -0.39 is 13.0 Å². The lowest BCUT2D eigenvalue weighted by molar-refractivity contribution is 0.0183. The van der Waals surface area contributed by atoms with Crippen LogP contribution in [0.4, 0.5) is 8.78 Å². The average Bonchev–Trinajstić information content (AvgIpc) is 2.10. The van der Waals surface area contributed by atoms with E-state index in [2.05, 4.69) is 14.7 Å². The molecule has 0 spiro atoms. The first-order chi connectivity index (χ1) is 7.08. The first-order valence-electron chi connectivity index (χ1n) is 4.13. The number of aromatic nitrogens is 2. The second-order valence-electron chi connectivity index (χ2n) is 2.65. The highest BCUT2D eigenvalue weighted by Gasteiger charge is 2.04. The van der Waals surface area contributed by atoms with E-state index >= 15 is 0 Å². The molecule has 0 fully saturated rings. The van der Waals surface area contributed by atoms with Gasteiger partial charge in [-0.05, 0) is 0 Å². The lowest BCUT2D eigenvalue weighted by Crippen LogP contribution is -2.08. The van der Waals surface area contributed by atoms with Gasteiger partial charge in [0, 0.05) is 12.5 Å². The molecule has 1 heterocycles. The van der Waals surface area contributed by atoms with Gasteiger partial charge in [-0.15, -0.1) is 0 Å². The van der Waals surface area contributed by atoms with Crippen LogP contribution in [-0.4, -0.2) is 29.6 Å². The van der Waals surface area contributed by atoms with E-state index in [0.29, 0.717) is 12.2 Å². The number of rotatable bonds is 5. The highest BCUT2D eigenvalue weighted by Crippen LogP contribution is 2.11. The molecule has 0 radical (unpaired) electrons. The summed E-state index contributed by atoms with van der Waals surface area (Å²) in [6.45, 7) is -0.477. The van der Waals surface area contributed by atoms with Crippen LogP contribution in [-0.2, 0) is 11.2 Å². The maximum Gasteiger partial charge on any atom is 0.261 e. The third-order valence-corrected chi connectivity index (χ3v) is 1.81. The van der Waals surface area contributed by atoms with Gasteiger partial charge in [-0.3, -0.25) is 0 Å². The Morgan fingerprint density at radius 2 is 1.87 bits per heavy atom. The largest absolute Gasteiger partial charge is 0.375 e. The Labute approximate surface area is 95.4 Å². The molecule has 0 aliphatic carbocycles. The van der Waals surface area contributed by atoms with Crippen LogP contribution in [0.15, 0.2) is 6.07 Å². The fourth-order valence-electron chi connectivity index (χ4n) is 0.882. The second-order valence-corrected chi connectivity index (χ2v) is 3.42. The highest BCUT2D eigenvalue weighted by molar-refractivity contribution is 6.33. The van der Waals surface area contributed by atoms with E-state index in [-0.39, 0.29) is 16.9 Å². The van der Waals surface area contributed by atoms with Gasteiger partial charge in [0.25, 0.3) is 6.43 Å². The van der Waals surface area contributed by atoms with E-state index in [0.717, 1.165) is 0 Å². The third kappa shape index (κ3) is 5.20. The van der Waals surface area contributed by atoms with Crippen molar-refractivity contribution < 1.29 is 13.5 Å². The molecule has 0 amide bonds. The molecule has 0 unspecified atom stereocenters. The molecule has 0 atom stereocenters. The van der Waals surface area contributed by atoms with Gasteiger partial charge >= 0.3 is 0 Å². The summed E-state index contributed by atoms with van der Waals surface area (Å²) in [4.78, 5) is 7.71. The molecule has 0 bridgehead atoms.